The van der Waals surface area contributed by atoms with Crippen LogP contribution in [0.25, 0.3) is 5.53 Å². The molecule has 23 heavy (non-hydrogen) atoms. The number of aliphatic hydroxyl groups excluding tert-OH is 1. The Morgan fingerprint density at radius 1 is 1.35 bits per heavy atom. The predicted molar refractivity (Wildman–Crippen MR) is 69.1 cm³/mol. The fourth-order valence-corrected chi connectivity index (χ4v) is 1.38. The lowest BCUT2D eigenvalue weighted by atomic mass is 10.1. The maximum Gasteiger partial charge on any atom is 0.423 e. The van der Waals surface area contributed by atoms with Crippen molar-refractivity contribution in [1.29, 1.82) is 0 Å². The largest absolute Gasteiger partial charge is 0.461 e. The summed E-state index contributed by atoms with van der Waals surface area (Å²) in [4.78, 5) is 36.7. The summed E-state index contributed by atoms with van der Waals surface area (Å²) in [5.74, 6) is -3.62. The minimum absolute atomic E-state index is 0.396. The molecule has 0 aromatic rings. The van der Waals surface area contributed by atoms with Crippen LogP contribution in [-0.2, 0) is 19.1 Å². The second-order valence-electron chi connectivity index (χ2n) is 4.74. The second kappa shape index (κ2) is 9.01. The lowest BCUT2D eigenvalue weighted by molar-refractivity contribution is -0.205. The highest BCUT2D eigenvalue weighted by Gasteiger charge is 2.44. The Morgan fingerprint density at radius 2 is 1.91 bits per heavy atom. The van der Waals surface area contributed by atoms with Crippen molar-refractivity contribution in [3.63, 3.8) is 0 Å². The van der Waals surface area contributed by atoms with E-state index in [-0.39, 0.29) is 0 Å². The first-order valence-corrected chi connectivity index (χ1v) is 6.45. The monoisotopic (exact) mass is 339 g/mol. The number of hydrogen-bond donors (Lipinski definition) is 2. The average Bonchev–Trinajstić information content (AvgIpc) is 2.40. The number of nitrogens with one attached hydrogen (secondary N) is 1. The number of ether oxygens (including phenoxy) is 1. The van der Waals surface area contributed by atoms with Crippen LogP contribution >= 0.6 is 0 Å². The predicted octanol–water partition coefficient (Wildman–Crippen LogP) is -0.00410. The number of Topliss-reactive ketones (excluding diaryl/α,β-unsaturated/α-hetero) is 1. The summed E-state index contributed by atoms with van der Waals surface area (Å²) in [7, 11) is 0. The summed E-state index contributed by atoms with van der Waals surface area (Å²) in [6, 6.07) is -1.57. The fourth-order valence-electron chi connectivity index (χ4n) is 1.38. The first-order valence-electron chi connectivity index (χ1n) is 6.45. The first-order chi connectivity index (χ1) is 10.5. The van der Waals surface area contributed by atoms with Crippen molar-refractivity contribution >= 4 is 23.9 Å². The molecular formula is C12H16F3N3O5. The molecule has 130 valence electrons. The Kier molecular flexibility index (Phi) is 8.12. The van der Waals surface area contributed by atoms with E-state index in [1.54, 1.807) is 5.32 Å². The summed E-state index contributed by atoms with van der Waals surface area (Å²) in [6.45, 7) is 2.95. The minimum Gasteiger partial charge on any atom is -0.461 e. The average molecular weight is 339 g/mol. The van der Waals surface area contributed by atoms with Gasteiger partial charge in [-0.3, -0.25) is 9.59 Å². The topological polar surface area (TPSA) is 129 Å². The molecule has 0 bridgehead atoms. The number of ketones is 1. The molecule has 0 rings (SSSR count). The Hall–Kier alpha value is -2.26. The van der Waals surface area contributed by atoms with Crippen LogP contribution < -0.4 is 5.32 Å². The number of carbonyl (C=O) groups excluding carboxylic acids is 3. The van der Waals surface area contributed by atoms with Crippen molar-refractivity contribution in [2.24, 2.45) is 0 Å². The zero-order valence-corrected chi connectivity index (χ0v) is 12.3. The smallest absolute Gasteiger partial charge is 0.423 e. The van der Waals surface area contributed by atoms with Crippen molar-refractivity contribution in [2.75, 3.05) is 0 Å². The summed E-state index contributed by atoms with van der Waals surface area (Å²) in [5, 5.41) is 10.5. The van der Waals surface area contributed by atoms with Crippen LogP contribution in [0.15, 0.2) is 0 Å². The number of rotatable bonds is 8. The van der Waals surface area contributed by atoms with Crippen molar-refractivity contribution in [3.8, 4) is 0 Å². The summed E-state index contributed by atoms with van der Waals surface area (Å²) in [5.41, 5.74) is 8.17. The van der Waals surface area contributed by atoms with Crippen LogP contribution in [0.2, 0.25) is 0 Å². The van der Waals surface area contributed by atoms with Crippen LogP contribution in [0.3, 0.4) is 0 Å². The summed E-state index contributed by atoms with van der Waals surface area (Å²) < 4.78 is 41.5. The third-order valence-corrected chi connectivity index (χ3v) is 2.39. The van der Waals surface area contributed by atoms with Crippen molar-refractivity contribution in [3.05, 3.63) is 5.53 Å². The quantitative estimate of drug-likeness (QED) is 0.278. The van der Waals surface area contributed by atoms with E-state index in [0.29, 0.717) is 6.21 Å². The van der Waals surface area contributed by atoms with Gasteiger partial charge in [0.1, 0.15) is 6.04 Å². The molecule has 2 atom stereocenters. The van der Waals surface area contributed by atoms with E-state index < -0.39 is 54.9 Å². The molecule has 0 saturated heterocycles. The maximum absolute atomic E-state index is 12.2. The molecule has 0 saturated carbocycles. The van der Waals surface area contributed by atoms with Gasteiger partial charge in [0.25, 0.3) is 5.91 Å². The van der Waals surface area contributed by atoms with E-state index >= 15 is 0 Å². The molecule has 2 N–H and O–H groups in total. The zero-order valence-electron chi connectivity index (χ0n) is 12.3. The lowest BCUT2D eigenvalue weighted by Crippen LogP contribution is -2.51. The number of carbonyl (C=O) groups is 3. The van der Waals surface area contributed by atoms with Crippen LogP contribution in [0.1, 0.15) is 26.7 Å². The van der Waals surface area contributed by atoms with E-state index in [2.05, 4.69) is 4.79 Å². The van der Waals surface area contributed by atoms with Gasteiger partial charge in [0, 0.05) is 6.42 Å². The molecule has 0 aliphatic carbocycles. The highest BCUT2D eigenvalue weighted by molar-refractivity contribution is 6.25. The molecule has 0 spiro atoms. The van der Waals surface area contributed by atoms with E-state index in [0.717, 1.165) is 0 Å². The van der Waals surface area contributed by atoms with Gasteiger partial charge in [0.2, 0.25) is 11.9 Å². The van der Waals surface area contributed by atoms with Gasteiger partial charge in [-0.2, -0.15) is 18.0 Å². The number of amides is 1. The number of nitrogens with zero attached hydrogens (tertiary/aromatic N) is 2. The highest BCUT2D eigenvalue weighted by atomic mass is 19.4. The van der Waals surface area contributed by atoms with Gasteiger partial charge < -0.3 is 20.7 Å². The Bertz CT molecular complexity index is 501. The van der Waals surface area contributed by atoms with Gasteiger partial charge in [-0.15, -0.1) is 0 Å². The molecule has 0 radical (unpaired) electrons. The van der Waals surface area contributed by atoms with Gasteiger partial charge in [-0.25, -0.2) is 4.79 Å². The van der Waals surface area contributed by atoms with E-state index in [9.17, 15) is 27.6 Å². The van der Waals surface area contributed by atoms with Gasteiger partial charge in [0.15, 0.2) is 0 Å². The summed E-state index contributed by atoms with van der Waals surface area (Å²) in [6.07, 6.45) is -9.37. The minimum atomic E-state index is -5.20. The van der Waals surface area contributed by atoms with Gasteiger partial charge in [-0.1, -0.05) is 0 Å². The highest BCUT2D eigenvalue weighted by Crippen LogP contribution is 2.20. The molecule has 1 amide bonds. The Labute approximate surface area is 129 Å². The Balaban J connectivity index is 4.97. The molecule has 11 heteroatoms. The normalized spacial score (nSPS) is 13.7. The van der Waals surface area contributed by atoms with Gasteiger partial charge >= 0.3 is 18.4 Å². The number of hydrogen-bond acceptors (Lipinski definition) is 5. The van der Waals surface area contributed by atoms with Crippen LogP contribution in [0.4, 0.5) is 13.2 Å². The fraction of sp³-hybridized carbons (Fsp3) is 0.667. The van der Waals surface area contributed by atoms with Gasteiger partial charge in [-0.05, 0) is 20.3 Å². The van der Waals surface area contributed by atoms with E-state index in [4.69, 9.17) is 15.4 Å². The number of halogens is 3. The van der Waals surface area contributed by atoms with Crippen LogP contribution in [0, 0.1) is 0 Å². The third-order valence-electron chi connectivity index (χ3n) is 2.39. The molecule has 0 unspecified atom stereocenters. The Morgan fingerprint density at radius 3 is 2.35 bits per heavy atom. The molecule has 0 aromatic carbocycles. The first kappa shape index (κ1) is 20.7. The molecule has 0 fully saturated rings. The number of esters is 1. The zero-order chi connectivity index (χ0) is 18.2. The van der Waals surface area contributed by atoms with Crippen molar-refractivity contribution in [1.82, 2.24) is 5.32 Å². The number of alkyl halides is 3. The van der Waals surface area contributed by atoms with Crippen LogP contribution in [-0.4, -0.2) is 58.2 Å². The maximum atomic E-state index is 12.2. The van der Waals surface area contributed by atoms with E-state index in [1.807, 2.05) is 0 Å². The third kappa shape index (κ3) is 8.07. The molecule has 0 aromatic heterocycles. The number of aliphatic hydroxyl groups is 1. The van der Waals surface area contributed by atoms with Crippen LogP contribution in [0.5, 0.6) is 0 Å². The molecule has 0 aliphatic rings. The standard InChI is InChI=1S/C12H16F3N3O5/c1-6(2)23-11(22)8(4-3-7(19)5-17-16)18-10(21)9(20)12(13,14)15/h5-6,8-9,20H,3-4H2,1-2H3,(H,18,21)/t8-,9-/m0/s1. The molecule has 0 aliphatic heterocycles. The summed E-state index contributed by atoms with van der Waals surface area (Å²) >= 11 is 0. The molecule has 8 nitrogen and oxygen atoms in total. The second-order valence-corrected chi connectivity index (χ2v) is 4.74. The van der Waals surface area contributed by atoms with Crippen molar-refractivity contribution < 1.29 is 42.2 Å². The SMILES string of the molecule is CC(C)OC(=O)[C@H](CCC(=O)C=[N+]=[N-])NC(=O)[C@H](O)C(F)(F)F. The van der Waals surface area contributed by atoms with Gasteiger partial charge in [0.05, 0.1) is 6.10 Å². The van der Waals surface area contributed by atoms with Crippen molar-refractivity contribution in [2.45, 2.75) is 51.1 Å². The lowest BCUT2D eigenvalue weighted by Gasteiger charge is -2.21. The molecular weight excluding hydrogens is 323 g/mol. The molecule has 0 heterocycles. The van der Waals surface area contributed by atoms with E-state index in [1.165, 1.54) is 13.8 Å².